The maximum absolute atomic E-state index is 12.7. The fourth-order valence-corrected chi connectivity index (χ4v) is 4.73. The van der Waals surface area contributed by atoms with Crippen molar-refractivity contribution in [2.24, 2.45) is 11.3 Å². The lowest BCUT2D eigenvalue weighted by Gasteiger charge is -2.35. The summed E-state index contributed by atoms with van der Waals surface area (Å²) in [6, 6.07) is 6.24. The van der Waals surface area contributed by atoms with Gasteiger partial charge >= 0.3 is 0 Å². The Morgan fingerprint density at radius 3 is 2.14 bits per heavy atom. The second-order valence-electron chi connectivity index (χ2n) is 9.69. The molecule has 0 spiro atoms. The Balaban J connectivity index is 2.01. The van der Waals surface area contributed by atoms with Crippen LogP contribution >= 0.6 is 0 Å². The van der Waals surface area contributed by atoms with Crippen LogP contribution in [-0.4, -0.2) is 43.8 Å². The van der Waals surface area contributed by atoms with Crippen LogP contribution in [-0.2, 0) is 19.6 Å². The first-order valence-corrected chi connectivity index (χ1v) is 11.4. The SMILES string of the molecule is CC(C)(C)NS(=O)(=O)c1cccc(NC(=O)C2CCN(C(=O)C(C)(C)C)CC2)c1. The molecule has 162 valence electrons. The highest BCUT2D eigenvalue weighted by molar-refractivity contribution is 7.89. The molecule has 0 aromatic heterocycles. The van der Waals surface area contributed by atoms with E-state index in [2.05, 4.69) is 10.0 Å². The molecule has 2 rings (SSSR count). The van der Waals surface area contributed by atoms with E-state index in [0.29, 0.717) is 31.6 Å². The van der Waals surface area contributed by atoms with Crippen molar-refractivity contribution in [2.75, 3.05) is 18.4 Å². The summed E-state index contributed by atoms with van der Waals surface area (Å²) in [7, 11) is -3.68. The Labute approximate surface area is 174 Å². The molecule has 1 fully saturated rings. The Bertz CT molecular complexity index is 859. The molecule has 7 nitrogen and oxygen atoms in total. The van der Waals surface area contributed by atoms with Gasteiger partial charge < -0.3 is 10.2 Å². The van der Waals surface area contributed by atoms with Crippen LogP contribution < -0.4 is 10.0 Å². The molecule has 0 aliphatic carbocycles. The number of piperidine rings is 1. The van der Waals surface area contributed by atoms with Gasteiger partial charge in [-0.25, -0.2) is 13.1 Å². The first kappa shape index (κ1) is 23.3. The zero-order valence-electron chi connectivity index (χ0n) is 18.2. The van der Waals surface area contributed by atoms with E-state index in [1.165, 1.54) is 12.1 Å². The van der Waals surface area contributed by atoms with Crippen LogP contribution in [0.3, 0.4) is 0 Å². The van der Waals surface area contributed by atoms with Gasteiger partial charge in [-0.2, -0.15) is 0 Å². The van der Waals surface area contributed by atoms with Crippen LogP contribution in [0.5, 0.6) is 0 Å². The average molecular weight is 424 g/mol. The van der Waals surface area contributed by atoms with Crippen molar-refractivity contribution in [1.82, 2.24) is 9.62 Å². The number of nitrogens with one attached hydrogen (secondary N) is 2. The molecule has 1 aliphatic heterocycles. The lowest BCUT2D eigenvalue weighted by atomic mass is 9.90. The molecule has 1 saturated heterocycles. The fraction of sp³-hybridized carbons (Fsp3) is 0.619. The number of rotatable bonds is 4. The van der Waals surface area contributed by atoms with E-state index in [4.69, 9.17) is 0 Å². The molecular weight excluding hydrogens is 390 g/mol. The normalized spacial score (nSPS) is 16.6. The molecule has 1 aromatic rings. The van der Waals surface area contributed by atoms with Crippen molar-refractivity contribution >= 4 is 27.5 Å². The van der Waals surface area contributed by atoms with Gasteiger partial charge in [0.25, 0.3) is 0 Å². The number of benzene rings is 1. The second-order valence-corrected chi connectivity index (χ2v) is 11.4. The van der Waals surface area contributed by atoms with Crippen molar-refractivity contribution in [1.29, 1.82) is 0 Å². The molecule has 0 bridgehead atoms. The molecule has 2 N–H and O–H groups in total. The number of carbonyl (C=O) groups excluding carboxylic acids is 2. The first-order chi connectivity index (χ1) is 13.2. The van der Waals surface area contributed by atoms with Gasteiger partial charge in [0.1, 0.15) is 0 Å². The highest BCUT2D eigenvalue weighted by Crippen LogP contribution is 2.25. The largest absolute Gasteiger partial charge is 0.342 e. The number of hydrogen-bond donors (Lipinski definition) is 2. The third kappa shape index (κ3) is 6.54. The summed E-state index contributed by atoms with van der Waals surface area (Å²) in [5.41, 5.74) is -0.585. The van der Waals surface area contributed by atoms with E-state index >= 15 is 0 Å². The van der Waals surface area contributed by atoms with Crippen LogP contribution in [0.25, 0.3) is 0 Å². The van der Waals surface area contributed by atoms with Gasteiger partial charge in [0.2, 0.25) is 21.8 Å². The smallest absolute Gasteiger partial charge is 0.241 e. The summed E-state index contributed by atoms with van der Waals surface area (Å²) >= 11 is 0. The maximum Gasteiger partial charge on any atom is 0.241 e. The summed E-state index contributed by atoms with van der Waals surface area (Å²) < 4.78 is 27.6. The van der Waals surface area contributed by atoms with E-state index in [0.717, 1.165) is 0 Å². The minimum atomic E-state index is -3.68. The van der Waals surface area contributed by atoms with Crippen LogP contribution in [0.15, 0.2) is 29.2 Å². The highest BCUT2D eigenvalue weighted by Gasteiger charge is 2.32. The van der Waals surface area contributed by atoms with Crippen molar-refractivity contribution in [3.8, 4) is 0 Å². The van der Waals surface area contributed by atoms with Gasteiger partial charge in [-0.15, -0.1) is 0 Å². The molecule has 2 amide bonds. The number of hydrogen-bond acceptors (Lipinski definition) is 4. The van der Waals surface area contributed by atoms with Gasteiger partial charge in [0.05, 0.1) is 4.90 Å². The molecule has 0 unspecified atom stereocenters. The van der Waals surface area contributed by atoms with Crippen molar-refractivity contribution in [3.05, 3.63) is 24.3 Å². The number of nitrogens with zero attached hydrogens (tertiary/aromatic N) is 1. The summed E-state index contributed by atoms with van der Waals surface area (Å²) in [6.07, 6.45) is 1.19. The van der Waals surface area contributed by atoms with Crippen molar-refractivity contribution in [3.63, 3.8) is 0 Å². The third-order valence-electron chi connectivity index (χ3n) is 4.65. The van der Waals surface area contributed by atoms with Crippen LogP contribution in [0.2, 0.25) is 0 Å². The summed E-state index contributed by atoms with van der Waals surface area (Å²) in [5, 5.41) is 2.83. The highest BCUT2D eigenvalue weighted by atomic mass is 32.2. The third-order valence-corrected chi connectivity index (χ3v) is 6.40. The minimum Gasteiger partial charge on any atom is -0.342 e. The summed E-state index contributed by atoms with van der Waals surface area (Å²) in [5.74, 6) is -0.251. The molecular formula is C21H33N3O4S. The van der Waals surface area contributed by atoms with Crippen LogP contribution in [0.1, 0.15) is 54.4 Å². The molecule has 0 saturated carbocycles. The lowest BCUT2D eigenvalue weighted by Crippen LogP contribution is -2.45. The molecule has 1 aromatic carbocycles. The Morgan fingerprint density at radius 1 is 1.03 bits per heavy atom. The maximum atomic E-state index is 12.7. The lowest BCUT2D eigenvalue weighted by molar-refractivity contribution is -0.142. The van der Waals surface area contributed by atoms with Crippen molar-refractivity contribution < 1.29 is 18.0 Å². The molecule has 1 aliphatic rings. The predicted molar refractivity (Wildman–Crippen MR) is 114 cm³/mol. The van der Waals surface area contributed by atoms with E-state index < -0.39 is 21.0 Å². The molecule has 0 radical (unpaired) electrons. The van der Waals surface area contributed by atoms with E-state index in [-0.39, 0.29) is 22.6 Å². The second kappa shape index (κ2) is 8.44. The topological polar surface area (TPSA) is 95.6 Å². The monoisotopic (exact) mass is 423 g/mol. The zero-order valence-corrected chi connectivity index (χ0v) is 19.0. The number of likely N-dealkylation sites (tertiary alicyclic amines) is 1. The van der Waals surface area contributed by atoms with Crippen molar-refractivity contribution in [2.45, 2.75) is 64.8 Å². The molecule has 0 atom stereocenters. The Morgan fingerprint density at radius 2 is 1.62 bits per heavy atom. The fourth-order valence-electron chi connectivity index (χ4n) is 3.27. The number of sulfonamides is 1. The standard InChI is InChI=1S/C21H33N3O4S/c1-20(2,3)19(26)24-12-10-15(11-13-24)18(25)22-16-8-7-9-17(14-16)29(27,28)23-21(4,5)6/h7-9,14-15,23H,10-13H2,1-6H3,(H,22,25). The van der Waals surface area contributed by atoms with Gasteiger partial charge in [0, 0.05) is 35.6 Å². The minimum absolute atomic E-state index is 0.0978. The Hall–Kier alpha value is -1.93. The molecule has 8 heteroatoms. The summed E-state index contributed by atoms with van der Waals surface area (Å²) in [6.45, 7) is 12.1. The van der Waals surface area contributed by atoms with Crippen LogP contribution in [0.4, 0.5) is 5.69 Å². The summed E-state index contributed by atoms with van der Waals surface area (Å²) in [4.78, 5) is 27.0. The quantitative estimate of drug-likeness (QED) is 0.778. The zero-order chi connectivity index (χ0) is 22.0. The van der Waals surface area contributed by atoms with Gasteiger partial charge in [0.15, 0.2) is 0 Å². The van der Waals surface area contributed by atoms with Gasteiger partial charge in [-0.1, -0.05) is 26.8 Å². The molecule has 29 heavy (non-hydrogen) atoms. The number of anilines is 1. The average Bonchev–Trinajstić information content (AvgIpc) is 2.58. The number of carbonyl (C=O) groups is 2. The predicted octanol–water partition coefficient (Wildman–Crippen LogP) is 2.99. The van der Waals surface area contributed by atoms with E-state index in [9.17, 15) is 18.0 Å². The van der Waals surface area contributed by atoms with E-state index in [1.54, 1.807) is 32.9 Å². The van der Waals surface area contributed by atoms with E-state index in [1.807, 2.05) is 25.7 Å². The number of amides is 2. The van der Waals surface area contributed by atoms with Gasteiger partial charge in [-0.05, 0) is 51.8 Å². The Kier molecular flexibility index (Phi) is 6.79. The molecule has 1 heterocycles. The van der Waals surface area contributed by atoms with Crippen LogP contribution in [0, 0.1) is 11.3 Å². The first-order valence-electron chi connectivity index (χ1n) is 9.93. The van der Waals surface area contributed by atoms with Gasteiger partial charge in [-0.3, -0.25) is 9.59 Å².